The standard InChI is InChI=1S/C16H27BrN4/c1-4-6-8-16(3,9-7-5-2)13-10-12(17)14(21-13)15(19)20-11-18/h10-11,21H,4-9H2,1-3H3,(H3,18,19,20). The zero-order chi connectivity index (χ0) is 15.9. The summed E-state index contributed by atoms with van der Waals surface area (Å²) in [7, 11) is 0. The number of unbranched alkanes of at least 4 members (excludes halogenated alkanes) is 2. The van der Waals surface area contributed by atoms with Crippen LogP contribution >= 0.6 is 15.9 Å². The predicted octanol–water partition coefficient (Wildman–Crippen LogP) is 4.73. The minimum absolute atomic E-state index is 0.137. The fourth-order valence-electron chi connectivity index (χ4n) is 2.60. The van der Waals surface area contributed by atoms with Crippen molar-refractivity contribution in [2.75, 3.05) is 0 Å². The first-order valence-corrected chi connectivity index (χ1v) is 8.49. The highest BCUT2D eigenvalue weighted by Gasteiger charge is 2.28. The van der Waals surface area contributed by atoms with Gasteiger partial charge < -0.3 is 10.7 Å². The van der Waals surface area contributed by atoms with Crippen molar-refractivity contribution in [3.63, 3.8) is 0 Å². The highest BCUT2D eigenvalue weighted by molar-refractivity contribution is 9.10. The van der Waals surface area contributed by atoms with E-state index in [0.717, 1.165) is 29.3 Å². The topological polar surface area (TPSA) is 78.0 Å². The molecular weight excluding hydrogens is 328 g/mol. The molecule has 0 aliphatic heterocycles. The number of H-pyrrole nitrogens is 1. The van der Waals surface area contributed by atoms with Crippen molar-refractivity contribution in [2.45, 2.75) is 64.7 Å². The molecule has 0 atom stereocenters. The SMILES string of the molecule is CCCCC(C)(CCCC)c1cc(Br)c(C(N)=NC=N)[nH]1. The van der Waals surface area contributed by atoms with Gasteiger partial charge in [-0.25, -0.2) is 4.99 Å². The number of aromatic amines is 1. The van der Waals surface area contributed by atoms with E-state index in [-0.39, 0.29) is 5.41 Å². The Labute approximate surface area is 136 Å². The number of aliphatic imine (C=N–C) groups is 1. The molecule has 1 aromatic heterocycles. The summed E-state index contributed by atoms with van der Waals surface area (Å²) in [5.41, 5.74) is 8.01. The molecule has 4 N–H and O–H groups in total. The smallest absolute Gasteiger partial charge is 0.150 e. The molecular formula is C16H27BrN4. The van der Waals surface area contributed by atoms with E-state index >= 15 is 0 Å². The first-order chi connectivity index (χ1) is 9.98. The van der Waals surface area contributed by atoms with Crippen molar-refractivity contribution < 1.29 is 0 Å². The lowest BCUT2D eigenvalue weighted by atomic mass is 9.77. The summed E-state index contributed by atoms with van der Waals surface area (Å²) in [6.45, 7) is 6.78. The number of aromatic nitrogens is 1. The Morgan fingerprint density at radius 1 is 1.38 bits per heavy atom. The molecule has 1 rings (SSSR count). The monoisotopic (exact) mass is 354 g/mol. The third kappa shape index (κ3) is 4.70. The largest absolute Gasteiger partial charge is 0.382 e. The van der Waals surface area contributed by atoms with Gasteiger partial charge in [-0.05, 0) is 34.8 Å². The maximum atomic E-state index is 7.04. The minimum Gasteiger partial charge on any atom is -0.382 e. The van der Waals surface area contributed by atoms with E-state index < -0.39 is 0 Å². The molecule has 0 aliphatic carbocycles. The van der Waals surface area contributed by atoms with Crippen LogP contribution in [-0.4, -0.2) is 17.2 Å². The molecule has 0 aliphatic rings. The van der Waals surface area contributed by atoms with Crippen molar-refractivity contribution in [1.29, 1.82) is 5.41 Å². The molecule has 1 aromatic rings. The second-order valence-corrected chi connectivity index (χ2v) is 6.67. The van der Waals surface area contributed by atoms with Gasteiger partial charge in [-0.1, -0.05) is 46.5 Å². The number of hydrogen-bond donors (Lipinski definition) is 3. The van der Waals surface area contributed by atoms with Crippen molar-refractivity contribution in [3.05, 3.63) is 21.9 Å². The molecule has 118 valence electrons. The highest BCUT2D eigenvalue weighted by Crippen LogP contribution is 2.36. The average molecular weight is 355 g/mol. The number of nitrogens with zero attached hydrogens (tertiary/aromatic N) is 1. The van der Waals surface area contributed by atoms with Crippen LogP contribution in [0.3, 0.4) is 0 Å². The molecule has 0 spiro atoms. The third-order valence-corrected chi connectivity index (χ3v) is 4.67. The zero-order valence-corrected chi connectivity index (χ0v) is 14.9. The molecule has 1 heterocycles. The van der Waals surface area contributed by atoms with Gasteiger partial charge in [0.1, 0.15) is 12.2 Å². The van der Waals surface area contributed by atoms with Crippen LogP contribution < -0.4 is 5.73 Å². The molecule has 0 bridgehead atoms. The molecule has 0 saturated heterocycles. The van der Waals surface area contributed by atoms with Gasteiger partial charge in [0.15, 0.2) is 0 Å². The van der Waals surface area contributed by atoms with E-state index in [4.69, 9.17) is 11.1 Å². The fraction of sp³-hybridized carbons (Fsp3) is 0.625. The fourth-order valence-corrected chi connectivity index (χ4v) is 3.13. The maximum Gasteiger partial charge on any atom is 0.150 e. The number of nitrogens with one attached hydrogen (secondary N) is 2. The summed E-state index contributed by atoms with van der Waals surface area (Å²) in [4.78, 5) is 7.27. The van der Waals surface area contributed by atoms with Crippen LogP contribution in [0.4, 0.5) is 0 Å². The molecule has 5 heteroatoms. The average Bonchev–Trinajstić information content (AvgIpc) is 2.86. The number of amidine groups is 1. The number of halogens is 1. The lowest BCUT2D eigenvalue weighted by Gasteiger charge is -2.29. The van der Waals surface area contributed by atoms with E-state index in [1.54, 1.807) is 0 Å². The number of nitrogens with two attached hydrogens (primary N) is 1. The van der Waals surface area contributed by atoms with Crippen LogP contribution in [0.2, 0.25) is 0 Å². The van der Waals surface area contributed by atoms with Gasteiger partial charge in [0.25, 0.3) is 0 Å². The molecule has 0 radical (unpaired) electrons. The number of hydrogen-bond acceptors (Lipinski definition) is 1. The van der Waals surface area contributed by atoms with Crippen molar-refractivity contribution in [2.24, 2.45) is 10.7 Å². The Hall–Kier alpha value is -1.10. The molecule has 0 saturated carbocycles. The summed E-state index contributed by atoms with van der Waals surface area (Å²) in [6, 6.07) is 2.12. The predicted molar refractivity (Wildman–Crippen MR) is 94.4 cm³/mol. The summed E-state index contributed by atoms with van der Waals surface area (Å²) in [5, 5.41) is 7.04. The number of rotatable bonds is 9. The third-order valence-electron chi connectivity index (χ3n) is 4.04. The second kappa shape index (κ2) is 8.37. The Bertz CT molecular complexity index is 482. The lowest BCUT2D eigenvalue weighted by Crippen LogP contribution is -2.23. The summed E-state index contributed by atoms with van der Waals surface area (Å²) >= 11 is 3.55. The Kier molecular flexibility index (Phi) is 7.15. The summed E-state index contributed by atoms with van der Waals surface area (Å²) in [6.07, 6.45) is 8.14. The lowest BCUT2D eigenvalue weighted by molar-refractivity contribution is 0.366. The normalized spacial score (nSPS) is 12.7. The minimum atomic E-state index is 0.137. The van der Waals surface area contributed by atoms with Crippen LogP contribution in [0.1, 0.15) is 70.7 Å². The van der Waals surface area contributed by atoms with Crippen LogP contribution in [0.5, 0.6) is 0 Å². The van der Waals surface area contributed by atoms with E-state index in [2.05, 4.69) is 52.7 Å². The van der Waals surface area contributed by atoms with Crippen LogP contribution in [0.15, 0.2) is 15.5 Å². The van der Waals surface area contributed by atoms with Gasteiger partial charge >= 0.3 is 0 Å². The molecule has 21 heavy (non-hydrogen) atoms. The van der Waals surface area contributed by atoms with Gasteiger partial charge in [0, 0.05) is 15.6 Å². The van der Waals surface area contributed by atoms with Crippen molar-refractivity contribution >= 4 is 28.1 Å². The van der Waals surface area contributed by atoms with E-state index in [1.807, 2.05) is 0 Å². The first kappa shape index (κ1) is 18.0. The molecule has 0 amide bonds. The van der Waals surface area contributed by atoms with Crippen molar-refractivity contribution in [3.8, 4) is 0 Å². The first-order valence-electron chi connectivity index (χ1n) is 7.70. The Morgan fingerprint density at radius 3 is 2.43 bits per heavy atom. The summed E-state index contributed by atoms with van der Waals surface area (Å²) in [5.74, 6) is 0.344. The molecule has 0 unspecified atom stereocenters. The maximum absolute atomic E-state index is 7.04. The van der Waals surface area contributed by atoms with Gasteiger partial charge in [0.05, 0.1) is 5.69 Å². The Balaban J connectivity index is 3.10. The van der Waals surface area contributed by atoms with Gasteiger partial charge in [0.2, 0.25) is 0 Å². The highest BCUT2D eigenvalue weighted by atomic mass is 79.9. The van der Waals surface area contributed by atoms with E-state index in [1.165, 1.54) is 31.4 Å². The van der Waals surface area contributed by atoms with Crippen LogP contribution in [0.25, 0.3) is 0 Å². The molecule has 0 fully saturated rings. The quantitative estimate of drug-likeness (QED) is 0.435. The van der Waals surface area contributed by atoms with Crippen molar-refractivity contribution in [1.82, 2.24) is 4.98 Å². The van der Waals surface area contributed by atoms with Crippen LogP contribution in [-0.2, 0) is 5.41 Å². The van der Waals surface area contributed by atoms with E-state index in [0.29, 0.717) is 5.84 Å². The molecule has 4 nitrogen and oxygen atoms in total. The zero-order valence-electron chi connectivity index (χ0n) is 13.3. The van der Waals surface area contributed by atoms with Gasteiger partial charge in [-0.3, -0.25) is 5.41 Å². The summed E-state index contributed by atoms with van der Waals surface area (Å²) < 4.78 is 0.917. The van der Waals surface area contributed by atoms with Gasteiger partial charge in [-0.2, -0.15) is 0 Å². The van der Waals surface area contributed by atoms with Crippen LogP contribution in [0, 0.1) is 5.41 Å². The van der Waals surface area contributed by atoms with E-state index in [9.17, 15) is 0 Å². The Morgan fingerprint density at radius 2 is 1.95 bits per heavy atom. The molecule has 0 aromatic carbocycles. The second-order valence-electron chi connectivity index (χ2n) is 5.82. The van der Waals surface area contributed by atoms with Gasteiger partial charge in [-0.15, -0.1) is 0 Å².